The van der Waals surface area contributed by atoms with Crippen LogP contribution in [0.2, 0.25) is 5.02 Å². The molecule has 4 aromatic rings. The molecule has 0 bridgehead atoms. The number of halogens is 1. The van der Waals surface area contributed by atoms with Gasteiger partial charge in [-0.05, 0) is 48.2 Å². The average molecular weight is 423 g/mol. The van der Waals surface area contributed by atoms with Crippen molar-refractivity contribution in [3.05, 3.63) is 91.8 Å². The number of rotatable bonds is 5. The minimum absolute atomic E-state index is 0.138. The van der Waals surface area contributed by atoms with Gasteiger partial charge in [0.15, 0.2) is 11.2 Å². The normalized spacial score (nSPS) is 11.5. The summed E-state index contributed by atoms with van der Waals surface area (Å²) >= 11 is 6.03. The average Bonchev–Trinajstić information content (AvgIpc) is 3.12. The zero-order valence-corrected chi connectivity index (χ0v) is 17.9. The van der Waals surface area contributed by atoms with Crippen LogP contribution in [-0.2, 0) is 13.1 Å². The Morgan fingerprint density at radius 1 is 1.03 bits per heavy atom. The van der Waals surface area contributed by atoms with Gasteiger partial charge in [0, 0.05) is 18.1 Å². The largest absolute Gasteiger partial charge is 0.337 e. The zero-order valence-electron chi connectivity index (χ0n) is 17.2. The summed E-state index contributed by atoms with van der Waals surface area (Å²) in [4.78, 5) is 31.1. The van der Waals surface area contributed by atoms with E-state index in [1.165, 1.54) is 9.13 Å². The Morgan fingerprint density at radius 3 is 2.40 bits per heavy atom. The van der Waals surface area contributed by atoms with Gasteiger partial charge in [0.2, 0.25) is 0 Å². The van der Waals surface area contributed by atoms with Crippen molar-refractivity contribution in [2.24, 2.45) is 5.92 Å². The molecule has 7 heteroatoms. The highest BCUT2D eigenvalue weighted by Gasteiger charge is 2.20. The third kappa shape index (κ3) is 3.59. The Kier molecular flexibility index (Phi) is 5.35. The van der Waals surface area contributed by atoms with Crippen LogP contribution in [0.1, 0.15) is 25.0 Å². The molecule has 0 aliphatic heterocycles. The summed E-state index contributed by atoms with van der Waals surface area (Å²) in [6, 6.07) is 15.0. The van der Waals surface area contributed by atoms with Crippen molar-refractivity contribution < 1.29 is 0 Å². The van der Waals surface area contributed by atoms with Crippen LogP contribution < -0.4 is 11.2 Å². The molecule has 0 N–H and O–H groups in total. The van der Waals surface area contributed by atoms with Crippen molar-refractivity contribution in [1.82, 2.24) is 18.7 Å². The van der Waals surface area contributed by atoms with Crippen LogP contribution >= 0.6 is 11.6 Å². The van der Waals surface area contributed by atoms with Gasteiger partial charge in [-0.25, -0.2) is 14.3 Å². The van der Waals surface area contributed by atoms with E-state index in [9.17, 15) is 9.59 Å². The van der Waals surface area contributed by atoms with Crippen LogP contribution in [-0.4, -0.2) is 18.7 Å². The molecule has 154 valence electrons. The first-order valence-corrected chi connectivity index (χ1v) is 10.3. The third-order valence-electron chi connectivity index (χ3n) is 5.13. The molecule has 0 unspecified atom stereocenters. The highest BCUT2D eigenvalue weighted by atomic mass is 35.5. The number of imidazole rings is 1. The summed E-state index contributed by atoms with van der Waals surface area (Å²) in [6.07, 6.45) is 1.63. The van der Waals surface area contributed by atoms with Gasteiger partial charge in [-0.15, -0.1) is 0 Å². The first kappa shape index (κ1) is 20.2. The molecule has 0 saturated heterocycles. The van der Waals surface area contributed by atoms with Crippen molar-refractivity contribution >= 4 is 22.8 Å². The van der Waals surface area contributed by atoms with Crippen molar-refractivity contribution in [2.75, 3.05) is 0 Å². The van der Waals surface area contributed by atoms with Gasteiger partial charge in [0.1, 0.15) is 0 Å². The second-order valence-electron chi connectivity index (χ2n) is 7.88. The summed E-state index contributed by atoms with van der Waals surface area (Å²) in [5.41, 5.74) is 2.89. The standard InChI is InChI=1S/C23H23ClN4O2/c1-15(2)12-27-22(29)20-21(28(23(27)30)19-10-8-18(24)9-11-19)25-14-26(20)13-17-7-5-4-6-16(17)3/h4-11,14-15H,12-13H2,1-3H3. The molecule has 0 aliphatic rings. The molecule has 2 aromatic heterocycles. The van der Waals surface area contributed by atoms with Crippen molar-refractivity contribution in [3.8, 4) is 5.69 Å². The number of hydrogen-bond acceptors (Lipinski definition) is 3. The first-order valence-electron chi connectivity index (χ1n) is 9.88. The molecule has 0 spiro atoms. The number of hydrogen-bond donors (Lipinski definition) is 0. The minimum Gasteiger partial charge on any atom is -0.320 e. The molecule has 2 heterocycles. The number of aromatic nitrogens is 4. The number of aryl methyl sites for hydroxylation is 1. The molecule has 4 rings (SSSR count). The summed E-state index contributed by atoms with van der Waals surface area (Å²) < 4.78 is 4.62. The van der Waals surface area contributed by atoms with Gasteiger partial charge < -0.3 is 4.57 Å². The molecule has 30 heavy (non-hydrogen) atoms. The lowest BCUT2D eigenvalue weighted by molar-refractivity contribution is 0.489. The molecule has 0 fully saturated rings. The number of benzene rings is 2. The predicted molar refractivity (Wildman–Crippen MR) is 120 cm³/mol. The highest BCUT2D eigenvalue weighted by Crippen LogP contribution is 2.18. The first-order chi connectivity index (χ1) is 14.4. The molecule has 0 saturated carbocycles. The summed E-state index contributed by atoms with van der Waals surface area (Å²) in [7, 11) is 0. The van der Waals surface area contributed by atoms with Gasteiger partial charge in [-0.3, -0.25) is 9.36 Å². The molecule has 0 amide bonds. The minimum atomic E-state index is -0.398. The maximum Gasteiger partial charge on any atom is 0.337 e. The Labute approximate surface area is 179 Å². The quantitative estimate of drug-likeness (QED) is 0.488. The van der Waals surface area contributed by atoms with E-state index in [1.54, 1.807) is 30.6 Å². The summed E-state index contributed by atoms with van der Waals surface area (Å²) in [6.45, 7) is 6.82. The monoisotopic (exact) mass is 422 g/mol. The van der Waals surface area contributed by atoms with Crippen LogP contribution in [0, 0.1) is 12.8 Å². The SMILES string of the molecule is Cc1ccccc1Cn1cnc2c1c(=O)n(CC(C)C)c(=O)n2-c1ccc(Cl)cc1. The Bertz CT molecular complexity index is 1330. The number of nitrogens with zero attached hydrogens (tertiary/aromatic N) is 4. The molecular formula is C23H23ClN4O2. The fourth-order valence-electron chi connectivity index (χ4n) is 3.62. The zero-order chi connectivity index (χ0) is 21.4. The van der Waals surface area contributed by atoms with Crippen LogP contribution in [0.25, 0.3) is 16.9 Å². The topological polar surface area (TPSA) is 61.8 Å². The lowest BCUT2D eigenvalue weighted by Crippen LogP contribution is -2.41. The molecular weight excluding hydrogens is 400 g/mol. The molecule has 2 aromatic carbocycles. The van der Waals surface area contributed by atoms with E-state index in [2.05, 4.69) is 4.98 Å². The van der Waals surface area contributed by atoms with Crippen molar-refractivity contribution in [1.29, 1.82) is 0 Å². The van der Waals surface area contributed by atoms with Gasteiger partial charge in [0.25, 0.3) is 5.56 Å². The van der Waals surface area contributed by atoms with Crippen LogP contribution in [0.3, 0.4) is 0 Å². The predicted octanol–water partition coefficient (Wildman–Crippen LogP) is 4.02. The van der Waals surface area contributed by atoms with Crippen LogP contribution in [0.4, 0.5) is 0 Å². The second kappa shape index (κ2) is 7.95. The highest BCUT2D eigenvalue weighted by molar-refractivity contribution is 6.30. The van der Waals surface area contributed by atoms with Crippen molar-refractivity contribution in [3.63, 3.8) is 0 Å². The van der Waals surface area contributed by atoms with Crippen LogP contribution in [0.5, 0.6) is 0 Å². The molecule has 0 aliphatic carbocycles. The van der Waals surface area contributed by atoms with E-state index in [4.69, 9.17) is 11.6 Å². The van der Waals surface area contributed by atoms with E-state index >= 15 is 0 Å². The Balaban J connectivity index is 2.00. The van der Waals surface area contributed by atoms with Gasteiger partial charge in [0.05, 0.1) is 12.0 Å². The van der Waals surface area contributed by atoms with Gasteiger partial charge in [-0.1, -0.05) is 49.7 Å². The van der Waals surface area contributed by atoms with Crippen LogP contribution in [0.15, 0.2) is 64.4 Å². The summed E-state index contributed by atoms with van der Waals surface area (Å²) in [5, 5.41) is 0.573. The fraction of sp³-hybridized carbons (Fsp3) is 0.261. The smallest absolute Gasteiger partial charge is 0.320 e. The fourth-order valence-corrected chi connectivity index (χ4v) is 3.75. The summed E-state index contributed by atoms with van der Waals surface area (Å²) in [5.74, 6) is 0.138. The third-order valence-corrected chi connectivity index (χ3v) is 5.39. The Hall–Kier alpha value is -3.12. The van der Waals surface area contributed by atoms with E-state index in [0.717, 1.165) is 11.1 Å². The van der Waals surface area contributed by atoms with E-state index < -0.39 is 5.69 Å². The Morgan fingerprint density at radius 2 is 1.73 bits per heavy atom. The maximum absolute atomic E-state index is 13.3. The molecule has 6 nitrogen and oxygen atoms in total. The lowest BCUT2D eigenvalue weighted by atomic mass is 10.1. The molecule has 0 radical (unpaired) electrons. The van der Waals surface area contributed by atoms with E-state index in [0.29, 0.717) is 35.0 Å². The maximum atomic E-state index is 13.3. The number of fused-ring (bicyclic) bond motifs is 1. The van der Waals surface area contributed by atoms with E-state index in [1.807, 2.05) is 49.6 Å². The second-order valence-corrected chi connectivity index (χ2v) is 8.31. The van der Waals surface area contributed by atoms with E-state index in [-0.39, 0.29) is 11.5 Å². The van der Waals surface area contributed by atoms with Gasteiger partial charge in [-0.2, -0.15) is 0 Å². The molecule has 0 atom stereocenters. The van der Waals surface area contributed by atoms with Gasteiger partial charge >= 0.3 is 5.69 Å². The lowest BCUT2D eigenvalue weighted by Gasteiger charge is -2.14. The van der Waals surface area contributed by atoms with Crippen molar-refractivity contribution in [2.45, 2.75) is 33.9 Å².